The molecule has 0 saturated heterocycles. The number of esters is 1. The molecule has 0 unspecified atom stereocenters. The number of benzene rings is 1. The molecule has 1 aliphatic rings. The lowest BCUT2D eigenvalue weighted by Gasteiger charge is -2.26. The van der Waals surface area contributed by atoms with Crippen molar-refractivity contribution in [3.8, 4) is 6.07 Å². The number of nitrogens with zero attached hydrogens (tertiary/aromatic N) is 1. The van der Waals surface area contributed by atoms with Crippen LogP contribution in [0.1, 0.15) is 50.5 Å². The second-order valence-electron chi connectivity index (χ2n) is 7.10. The number of nitriles is 1. The van der Waals surface area contributed by atoms with Gasteiger partial charge in [-0.3, -0.25) is 14.4 Å². The second kappa shape index (κ2) is 11.6. The summed E-state index contributed by atoms with van der Waals surface area (Å²) in [5, 5.41) is 14.8. The van der Waals surface area contributed by atoms with Crippen molar-refractivity contribution < 1.29 is 19.1 Å². The number of hydrogen-bond donors (Lipinski definition) is 2. The van der Waals surface area contributed by atoms with Gasteiger partial charge in [-0.2, -0.15) is 5.26 Å². The molecule has 0 radical (unpaired) electrons. The molecule has 2 N–H and O–H groups in total. The highest BCUT2D eigenvalue weighted by molar-refractivity contribution is 5.91. The smallest absolute Gasteiger partial charge is 0.308 e. The van der Waals surface area contributed by atoms with Gasteiger partial charge in [0.2, 0.25) is 5.91 Å². The van der Waals surface area contributed by atoms with E-state index in [4.69, 9.17) is 4.74 Å². The number of ether oxygens (including phenoxy) is 1. The minimum absolute atomic E-state index is 0.0401. The van der Waals surface area contributed by atoms with E-state index < -0.39 is 24.0 Å². The summed E-state index contributed by atoms with van der Waals surface area (Å²) in [6.07, 6.45) is 8.16. The number of amides is 2. The van der Waals surface area contributed by atoms with Crippen LogP contribution in [0.2, 0.25) is 0 Å². The Balaban J connectivity index is 1.65. The monoisotopic (exact) mass is 397 g/mol. The molecule has 0 bridgehead atoms. The Bertz CT molecular complexity index is 760. The molecule has 29 heavy (non-hydrogen) atoms. The zero-order valence-electron chi connectivity index (χ0n) is 16.5. The van der Waals surface area contributed by atoms with Gasteiger partial charge in [0.25, 0.3) is 5.91 Å². The molecular weight excluding hydrogens is 370 g/mol. The van der Waals surface area contributed by atoms with Gasteiger partial charge in [0.05, 0.1) is 12.5 Å². The first-order chi connectivity index (χ1) is 14.0. The Morgan fingerprint density at radius 2 is 1.79 bits per heavy atom. The van der Waals surface area contributed by atoms with E-state index in [1.807, 2.05) is 30.3 Å². The summed E-state index contributed by atoms with van der Waals surface area (Å²) >= 11 is 0. The van der Waals surface area contributed by atoms with Gasteiger partial charge in [-0.1, -0.05) is 56.0 Å². The average molecular weight is 397 g/mol. The van der Waals surface area contributed by atoms with Gasteiger partial charge in [0.1, 0.15) is 5.54 Å². The molecule has 1 aromatic carbocycles. The number of carbonyl (C=O) groups is 3. The number of carbonyl (C=O) groups excluding carboxylic acids is 3. The lowest BCUT2D eigenvalue weighted by molar-refractivity contribution is -0.148. The lowest BCUT2D eigenvalue weighted by atomic mass is 9.92. The fraction of sp³-hybridized carbons (Fsp3) is 0.455. The van der Waals surface area contributed by atoms with E-state index >= 15 is 0 Å². The van der Waals surface area contributed by atoms with Gasteiger partial charge in [0, 0.05) is 12.6 Å². The fourth-order valence-corrected chi connectivity index (χ4v) is 3.20. The van der Waals surface area contributed by atoms with Crippen molar-refractivity contribution in [1.82, 2.24) is 10.6 Å². The van der Waals surface area contributed by atoms with E-state index in [-0.39, 0.29) is 18.9 Å². The Morgan fingerprint density at radius 3 is 2.45 bits per heavy atom. The number of nitrogens with one attached hydrogen (secondary N) is 2. The van der Waals surface area contributed by atoms with E-state index in [9.17, 15) is 19.6 Å². The molecule has 7 nitrogen and oxygen atoms in total. The maximum absolute atomic E-state index is 12.1. The molecule has 0 spiro atoms. The van der Waals surface area contributed by atoms with Crippen molar-refractivity contribution in [1.29, 1.82) is 5.26 Å². The van der Waals surface area contributed by atoms with E-state index in [1.54, 1.807) is 6.08 Å². The largest absolute Gasteiger partial charge is 0.456 e. The summed E-state index contributed by atoms with van der Waals surface area (Å²) in [5.74, 6) is -1.38. The van der Waals surface area contributed by atoms with E-state index in [2.05, 4.69) is 16.7 Å². The van der Waals surface area contributed by atoms with Crippen LogP contribution in [-0.2, 0) is 19.1 Å². The quantitative estimate of drug-likeness (QED) is 0.398. The van der Waals surface area contributed by atoms with E-state index in [0.29, 0.717) is 12.8 Å². The summed E-state index contributed by atoms with van der Waals surface area (Å²) in [6.45, 7) is -0.315. The van der Waals surface area contributed by atoms with Crippen molar-refractivity contribution in [3.63, 3.8) is 0 Å². The third kappa shape index (κ3) is 8.18. The van der Waals surface area contributed by atoms with Crippen LogP contribution in [0.3, 0.4) is 0 Å². The summed E-state index contributed by atoms with van der Waals surface area (Å²) in [7, 11) is 0. The summed E-state index contributed by atoms with van der Waals surface area (Å²) in [4.78, 5) is 35.6. The van der Waals surface area contributed by atoms with Gasteiger partial charge in [-0.15, -0.1) is 0 Å². The molecule has 154 valence electrons. The average Bonchev–Trinajstić information content (AvgIpc) is 2.97. The van der Waals surface area contributed by atoms with Crippen LogP contribution < -0.4 is 10.6 Å². The molecule has 0 heterocycles. The summed E-state index contributed by atoms with van der Waals surface area (Å²) in [6, 6.07) is 11.6. The van der Waals surface area contributed by atoms with Crippen molar-refractivity contribution in [2.75, 3.05) is 13.2 Å². The van der Waals surface area contributed by atoms with Crippen LogP contribution >= 0.6 is 0 Å². The molecule has 2 rings (SSSR count). The number of hydrogen-bond acceptors (Lipinski definition) is 5. The Hall–Kier alpha value is -3.14. The molecule has 0 aliphatic heterocycles. The number of rotatable bonds is 8. The summed E-state index contributed by atoms with van der Waals surface area (Å²) < 4.78 is 4.95. The molecular formula is C22H27N3O4. The molecule has 0 atom stereocenters. The molecule has 2 amide bonds. The van der Waals surface area contributed by atoms with Crippen LogP contribution in [0.15, 0.2) is 36.4 Å². The molecule has 1 fully saturated rings. The van der Waals surface area contributed by atoms with Crippen LogP contribution in [0.4, 0.5) is 0 Å². The van der Waals surface area contributed by atoms with Gasteiger partial charge < -0.3 is 15.4 Å². The van der Waals surface area contributed by atoms with Gasteiger partial charge in [-0.05, 0) is 24.5 Å². The van der Waals surface area contributed by atoms with Crippen LogP contribution in [0.5, 0.6) is 0 Å². The van der Waals surface area contributed by atoms with Crippen molar-refractivity contribution in [2.24, 2.45) is 0 Å². The lowest BCUT2D eigenvalue weighted by Crippen LogP contribution is -2.48. The third-order valence-corrected chi connectivity index (χ3v) is 4.77. The zero-order valence-corrected chi connectivity index (χ0v) is 16.5. The minimum atomic E-state index is -0.862. The minimum Gasteiger partial charge on any atom is -0.456 e. The maximum Gasteiger partial charge on any atom is 0.308 e. The predicted molar refractivity (Wildman–Crippen MR) is 108 cm³/mol. The molecule has 1 aliphatic carbocycles. The van der Waals surface area contributed by atoms with Crippen LogP contribution in [0.25, 0.3) is 6.08 Å². The highest BCUT2D eigenvalue weighted by Gasteiger charge is 2.32. The Morgan fingerprint density at radius 1 is 1.10 bits per heavy atom. The summed E-state index contributed by atoms with van der Waals surface area (Å²) in [5.41, 5.74) is 0.0378. The highest BCUT2D eigenvalue weighted by atomic mass is 16.5. The molecule has 1 saturated carbocycles. The normalized spacial score (nSPS) is 15.7. The van der Waals surface area contributed by atoms with Crippen LogP contribution in [0, 0.1) is 11.3 Å². The Labute approximate surface area is 171 Å². The van der Waals surface area contributed by atoms with Gasteiger partial charge >= 0.3 is 5.97 Å². The van der Waals surface area contributed by atoms with Crippen molar-refractivity contribution >= 4 is 23.9 Å². The van der Waals surface area contributed by atoms with Crippen LogP contribution in [-0.4, -0.2) is 36.5 Å². The first-order valence-electron chi connectivity index (χ1n) is 9.92. The van der Waals surface area contributed by atoms with Gasteiger partial charge in [0.15, 0.2) is 6.61 Å². The topological polar surface area (TPSA) is 108 Å². The molecule has 0 aromatic heterocycles. The second-order valence-corrected chi connectivity index (χ2v) is 7.10. The SMILES string of the molecule is N#CC1(NC(=O)COC(=O)CCNC(=O)C=Cc2ccccc2)CCCCCC1. The fourth-order valence-electron chi connectivity index (χ4n) is 3.20. The molecule has 1 aromatic rings. The van der Waals surface area contributed by atoms with Crippen molar-refractivity contribution in [3.05, 3.63) is 42.0 Å². The molecule has 7 heteroatoms. The van der Waals surface area contributed by atoms with Gasteiger partial charge in [-0.25, -0.2) is 0 Å². The highest BCUT2D eigenvalue weighted by Crippen LogP contribution is 2.26. The van der Waals surface area contributed by atoms with E-state index in [0.717, 1.165) is 31.2 Å². The first-order valence-corrected chi connectivity index (χ1v) is 9.92. The first kappa shape index (κ1) is 22.2. The Kier molecular flexibility index (Phi) is 8.90. The standard InChI is InChI=1S/C22H27N3O4/c23-17-22(13-6-1-2-7-14-22)25-20(27)16-29-21(28)12-15-24-19(26)11-10-18-8-4-3-5-9-18/h3-5,8-11H,1-2,6-7,12-16H2,(H,24,26)(H,25,27). The third-order valence-electron chi connectivity index (χ3n) is 4.77. The maximum atomic E-state index is 12.1. The zero-order chi connectivity index (χ0) is 21.0. The predicted octanol–water partition coefficient (Wildman–Crippen LogP) is 2.48. The van der Waals surface area contributed by atoms with Crippen molar-refractivity contribution in [2.45, 2.75) is 50.5 Å². The van der Waals surface area contributed by atoms with E-state index in [1.165, 1.54) is 6.08 Å².